The SMILES string of the molecule is O=C1CCC2CN(C(=O)c3cccc(Br)c3)CCC2N1. The molecule has 0 bridgehead atoms. The molecule has 106 valence electrons. The van der Waals surface area contributed by atoms with Crippen LogP contribution in [0.2, 0.25) is 0 Å². The molecule has 2 fully saturated rings. The van der Waals surface area contributed by atoms with E-state index in [0.717, 1.165) is 29.4 Å². The quantitative estimate of drug-likeness (QED) is 0.854. The molecule has 1 aromatic rings. The van der Waals surface area contributed by atoms with E-state index in [1.165, 1.54) is 0 Å². The average Bonchev–Trinajstić information content (AvgIpc) is 2.46. The number of benzene rings is 1. The summed E-state index contributed by atoms with van der Waals surface area (Å²) in [5.74, 6) is 0.636. The second-order valence-corrected chi connectivity index (χ2v) is 6.44. The summed E-state index contributed by atoms with van der Waals surface area (Å²) < 4.78 is 0.920. The van der Waals surface area contributed by atoms with Gasteiger partial charge in [0.05, 0.1) is 0 Å². The number of carbonyl (C=O) groups excluding carboxylic acids is 2. The normalized spacial score (nSPS) is 25.9. The summed E-state index contributed by atoms with van der Waals surface area (Å²) in [6, 6.07) is 7.76. The van der Waals surface area contributed by atoms with E-state index >= 15 is 0 Å². The summed E-state index contributed by atoms with van der Waals surface area (Å²) in [4.78, 5) is 25.8. The van der Waals surface area contributed by atoms with Crippen molar-refractivity contribution in [1.29, 1.82) is 0 Å². The molecule has 0 saturated carbocycles. The first-order valence-corrected chi connectivity index (χ1v) is 7.77. The highest BCUT2D eigenvalue weighted by Crippen LogP contribution is 2.26. The van der Waals surface area contributed by atoms with Gasteiger partial charge in [0.2, 0.25) is 5.91 Å². The van der Waals surface area contributed by atoms with Crippen LogP contribution in [0.15, 0.2) is 28.7 Å². The maximum atomic E-state index is 12.5. The molecular formula is C15H17BrN2O2. The fraction of sp³-hybridized carbons (Fsp3) is 0.467. The number of nitrogens with zero attached hydrogens (tertiary/aromatic N) is 1. The van der Waals surface area contributed by atoms with Crippen LogP contribution >= 0.6 is 15.9 Å². The average molecular weight is 337 g/mol. The molecule has 1 aromatic carbocycles. The molecule has 5 heteroatoms. The van der Waals surface area contributed by atoms with Gasteiger partial charge in [-0.1, -0.05) is 22.0 Å². The summed E-state index contributed by atoms with van der Waals surface area (Å²) in [6.45, 7) is 1.46. The van der Waals surface area contributed by atoms with Crippen LogP contribution in [0.5, 0.6) is 0 Å². The Labute approximate surface area is 126 Å². The number of piperidine rings is 2. The summed E-state index contributed by atoms with van der Waals surface area (Å²) in [5, 5.41) is 3.04. The summed E-state index contributed by atoms with van der Waals surface area (Å²) in [5.41, 5.74) is 0.720. The molecule has 4 nitrogen and oxygen atoms in total. The van der Waals surface area contributed by atoms with E-state index in [9.17, 15) is 9.59 Å². The maximum Gasteiger partial charge on any atom is 0.253 e. The van der Waals surface area contributed by atoms with E-state index in [1.54, 1.807) is 0 Å². The van der Waals surface area contributed by atoms with E-state index in [0.29, 0.717) is 18.9 Å². The molecular weight excluding hydrogens is 320 g/mol. The minimum absolute atomic E-state index is 0.0849. The Hall–Kier alpha value is -1.36. The molecule has 0 aliphatic carbocycles. The lowest BCUT2D eigenvalue weighted by molar-refractivity contribution is -0.125. The Kier molecular flexibility index (Phi) is 3.78. The van der Waals surface area contributed by atoms with Crippen molar-refractivity contribution >= 4 is 27.7 Å². The Morgan fingerprint density at radius 1 is 1.35 bits per heavy atom. The lowest BCUT2D eigenvalue weighted by Gasteiger charge is -2.41. The molecule has 2 heterocycles. The molecule has 2 amide bonds. The third-order valence-corrected chi connectivity index (χ3v) is 4.67. The van der Waals surface area contributed by atoms with Crippen LogP contribution in [0.3, 0.4) is 0 Å². The molecule has 20 heavy (non-hydrogen) atoms. The second-order valence-electron chi connectivity index (χ2n) is 5.52. The summed E-state index contributed by atoms with van der Waals surface area (Å²) in [6.07, 6.45) is 2.33. The van der Waals surface area contributed by atoms with E-state index in [2.05, 4.69) is 21.2 Å². The Morgan fingerprint density at radius 2 is 2.20 bits per heavy atom. The molecule has 2 aliphatic heterocycles. The topological polar surface area (TPSA) is 49.4 Å². The van der Waals surface area contributed by atoms with Crippen molar-refractivity contribution in [1.82, 2.24) is 10.2 Å². The van der Waals surface area contributed by atoms with Crippen LogP contribution in [0.1, 0.15) is 29.6 Å². The van der Waals surface area contributed by atoms with Crippen LogP contribution < -0.4 is 5.32 Å². The molecule has 0 radical (unpaired) electrons. The van der Waals surface area contributed by atoms with Crippen LogP contribution in [-0.4, -0.2) is 35.8 Å². The van der Waals surface area contributed by atoms with Crippen LogP contribution in [-0.2, 0) is 4.79 Å². The van der Waals surface area contributed by atoms with Gasteiger partial charge >= 0.3 is 0 Å². The van der Waals surface area contributed by atoms with Crippen molar-refractivity contribution in [3.05, 3.63) is 34.3 Å². The van der Waals surface area contributed by atoms with Gasteiger partial charge in [0, 0.05) is 35.6 Å². The zero-order valence-corrected chi connectivity index (χ0v) is 12.7. The van der Waals surface area contributed by atoms with Crippen molar-refractivity contribution in [2.45, 2.75) is 25.3 Å². The van der Waals surface area contributed by atoms with Gasteiger partial charge in [-0.15, -0.1) is 0 Å². The molecule has 0 aromatic heterocycles. The standard InChI is InChI=1S/C15H17BrN2O2/c16-12-3-1-2-10(8-12)15(20)18-7-6-13-11(9-18)4-5-14(19)17-13/h1-3,8,11,13H,4-7,9H2,(H,17,19). The van der Waals surface area contributed by atoms with Gasteiger partial charge in [0.25, 0.3) is 5.91 Å². The highest BCUT2D eigenvalue weighted by molar-refractivity contribution is 9.10. The van der Waals surface area contributed by atoms with Crippen molar-refractivity contribution < 1.29 is 9.59 Å². The number of rotatable bonds is 1. The Balaban J connectivity index is 1.70. The zero-order valence-electron chi connectivity index (χ0n) is 11.1. The predicted octanol–water partition coefficient (Wildman–Crippen LogP) is 2.19. The fourth-order valence-electron chi connectivity index (χ4n) is 3.10. The monoisotopic (exact) mass is 336 g/mol. The third-order valence-electron chi connectivity index (χ3n) is 4.18. The molecule has 2 unspecified atom stereocenters. The van der Waals surface area contributed by atoms with Gasteiger partial charge < -0.3 is 10.2 Å². The van der Waals surface area contributed by atoms with Crippen LogP contribution in [0, 0.1) is 5.92 Å². The number of hydrogen-bond acceptors (Lipinski definition) is 2. The Bertz CT molecular complexity index is 546. The minimum atomic E-state index is 0.0849. The van der Waals surface area contributed by atoms with E-state index in [-0.39, 0.29) is 17.9 Å². The predicted molar refractivity (Wildman–Crippen MR) is 79.3 cm³/mol. The van der Waals surface area contributed by atoms with Gasteiger partial charge in [-0.05, 0) is 37.0 Å². The number of likely N-dealkylation sites (tertiary alicyclic amines) is 1. The first-order chi connectivity index (χ1) is 9.63. The molecule has 2 saturated heterocycles. The van der Waals surface area contributed by atoms with Gasteiger partial charge in [-0.25, -0.2) is 0 Å². The first-order valence-electron chi connectivity index (χ1n) is 6.97. The maximum absolute atomic E-state index is 12.5. The lowest BCUT2D eigenvalue weighted by Crippen LogP contribution is -2.55. The molecule has 2 aliphatic rings. The summed E-state index contributed by atoms with van der Waals surface area (Å²) >= 11 is 3.40. The fourth-order valence-corrected chi connectivity index (χ4v) is 3.50. The largest absolute Gasteiger partial charge is 0.353 e. The second kappa shape index (κ2) is 5.56. The number of halogens is 1. The third kappa shape index (κ3) is 2.73. The highest BCUT2D eigenvalue weighted by Gasteiger charge is 2.35. The van der Waals surface area contributed by atoms with E-state index < -0.39 is 0 Å². The number of carbonyl (C=O) groups is 2. The van der Waals surface area contributed by atoms with Gasteiger partial charge in [0.1, 0.15) is 0 Å². The van der Waals surface area contributed by atoms with Gasteiger partial charge in [0.15, 0.2) is 0 Å². The van der Waals surface area contributed by atoms with Crippen LogP contribution in [0.25, 0.3) is 0 Å². The number of nitrogens with one attached hydrogen (secondary N) is 1. The molecule has 0 spiro atoms. The van der Waals surface area contributed by atoms with E-state index in [4.69, 9.17) is 0 Å². The lowest BCUT2D eigenvalue weighted by atomic mass is 9.85. The molecule has 1 N–H and O–H groups in total. The number of amides is 2. The van der Waals surface area contributed by atoms with Crippen molar-refractivity contribution in [3.63, 3.8) is 0 Å². The van der Waals surface area contributed by atoms with Crippen molar-refractivity contribution in [2.75, 3.05) is 13.1 Å². The smallest absolute Gasteiger partial charge is 0.253 e. The van der Waals surface area contributed by atoms with Crippen molar-refractivity contribution in [2.24, 2.45) is 5.92 Å². The van der Waals surface area contributed by atoms with Gasteiger partial charge in [-0.3, -0.25) is 9.59 Å². The number of hydrogen-bond donors (Lipinski definition) is 1. The zero-order chi connectivity index (χ0) is 14.1. The van der Waals surface area contributed by atoms with Crippen molar-refractivity contribution in [3.8, 4) is 0 Å². The van der Waals surface area contributed by atoms with Gasteiger partial charge in [-0.2, -0.15) is 0 Å². The number of fused-ring (bicyclic) bond motifs is 1. The Morgan fingerprint density at radius 3 is 3.00 bits per heavy atom. The van der Waals surface area contributed by atoms with Crippen LogP contribution in [0.4, 0.5) is 0 Å². The highest BCUT2D eigenvalue weighted by atomic mass is 79.9. The first kappa shape index (κ1) is 13.6. The van der Waals surface area contributed by atoms with E-state index in [1.807, 2.05) is 29.2 Å². The summed E-state index contributed by atoms with van der Waals surface area (Å²) in [7, 11) is 0. The molecule has 2 atom stereocenters. The molecule has 3 rings (SSSR count). The minimum Gasteiger partial charge on any atom is -0.353 e.